The third-order valence-electron chi connectivity index (χ3n) is 4.70. The van der Waals surface area contributed by atoms with Crippen molar-refractivity contribution in [3.63, 3.8) is 0 Å². The van der Waals surface area contributed by atoms with Crippen LogP contribution in [0.25, 0.3) is 10.9 Å². The van der Waals surface area contributed by atoms with Crippen LogP contribution in [0.3, 0.4) is 0 Å². The van der Waals surface area contributed by atoms with Crippen molar-refractivity contribution < 1.29 is 14.3 Å². The standard InChI is InChI=1S/C19H23N3O3/c1-21(13-15-8-5-7-14-9-6-11-20-17(14)15)18(23)16-10-3-4-12-22(16)19(24)25-2/h5-9,11,16H,3-4,10,12-13H2,1-2H3/t16-/m0/s1. The molecule has 1 aromatic heterocycles. The van der Waals surface area contributed by atoms with E-state index in [1.807, 2.05) is 30.3 Å². The Morgan fingerprint density at radius 2 is 2.08 bits per heavy atom. The molecule has 0 saturated carbocycles. The third-order valence-corrected chi connectivity index (χ3v) is 4.70. The average molecular weight is 341 g/mol. The Balaban J connectivity index is 1.78. The topological polar surface area (TPSA) is 62.7 Å². The van der Waals surface area contributed by atoms with Crippen LogP contribution >= 0.6 is 0 Å². The number of likely N-dealkylation sites (tertiary alicyclic amines) is 1. The van der Waals surface area contributed by atoms with E-state index in [0.717, 1.165) is 29.3 Å². The van der Waals surface area contributed by atoms with Crippen LogP contribution in [0.15, 0.2) is 36.5 Å². The lowest BCUT2D eigenvalue weighted by atomic mass is 10.0. The van der Waals surface area contributed by atoms with Crippen LogP contribution in [-0.2, 0) is 16.1 Å². The number of hydrogen-bond donors (Lipinski definition) is 0. The Kier molecular flexibility index (Phi) is 5.16. The van der Waals surface area contributed by atoms with E-state index >= 15 is 0 Å². The summed E-state index contributed by atoms with van der Waals surface area (Å²) in [7, 11) is 3.12. The molecule has 1 saturated heterocycles. The number of piperidine rings is 1. The van der Waals surface area contributed by atoms with Gasteiger partial charge in [-0.3, -0.25) is 14.7 Å². The molecule has 1 aliphatic rings. The van der Waals surface area contributed by atoms with Crippen LogP contribution in [0.4, 0.5) is 4.79 Å². The van der Waals surface area contributed by atoms with Gasteiger partial charge >= 0.3 is 6.09 Å². The number of hydrogen-bond acceptors (Lipinski definition) is 4. The Morgan fingerprint density at radius 1 is 1.28 bits per heavy atom. The first-order valence-corrected chi connectivity index (χ1v) is 8.54. The summed E-state index contributed by atoms with van der Waals surface area (Å²) in [4.78, 5) is 32.5. The molecule has 2 heterocycles. The number of amides is 2. The quantitative estimate of drug-likeness (QED) is 0.861. The third kappa shape index (κ3) is 3.57. The van der Waals surface area contributed by atoms with Gasteiger partial charge in [0, 0.05) is 31.7 Å². The molecule has 0 spiro atoms. The molecule has 0 N–H and O–H groups in total. The SMILES string of the molecule is COC(=O)N1CCCC[C@H]1C(=O)N(C)Cc1cccc2cccnc12. The van der Waals surface area contributed by atoms with E-state index in [-0.39, 0.29) is 5.91 Å². The highest BCUT2D eigenvalue weighted by Gasteiger charge is 2.34. The number of benzene rings is 1. The van der Waals surface area contributed by atoms with E-state index in [4.69, 9.17) is 4.74 Å². The lowest BCUT2D eigenvalue weighted by Crippen LogP contribution is -2.52. The maximum atomic E-state index is 12.9. The van der Waals surface area contributed by atoms with E-state index in [9.17, 15) is 9.59 Å². The fraction of sp³-hybridized carbons (Fsp3) is 0.421. The second-order valence-electron chi connectivity index (χ2n) is 6.36. The predicted molar refractivity (Wildman–Crippen MR) is 95.0 cm³/mol. The summed E-state index contributed by atoms with van der Waals surface area (Å²) in [5, 5.41) is 1.05. The van der Waals surface area contributed by atoms with Crippen molar-refractivity contribution in [1.82, 2.24) is 14.8 Å². The molecule has 3 rings (SSSR count). The zero-order chi connectivity index (χ0) is 17.8. The summed E-state index contributed by atoms with van der Waals surface area (Å²) >= 11 is 0. The van der Waals surface area contributed by atoms with E-state index < -0.39 is 12.1 Å². The number of likely N-dealkylation sites (N-methyl/N-ethyl adjacent to an activating group) is 1. The predicted octanol–water partition coefficient (Wildman–Crippen LogP) is 2.81. The minimum absolute atomic E-state index is 0.0574. The van der Waals surface area contributed by atoms with Crippen LogP contribution in [0, 0.1) is 0 Å². The molecule has 0 radical (unpaired) electrons. The van der Waals surface area contributed by atoms with Crippen molar-refractivity contribution in [3.05, 3.63) is 42.1 Å². The molecule has 25 heavy (non-hydrogen) atoms. The number of ether oxygens (including phenoxy) is 1. The van der Waals surface area contributed by atoms with Gasteiger partial charge in [0.1, 0.15) is 6.04 Å². The van der Waals surface area contributed by atoms with Gasteiger partial charge in [-0.2, -0.15) is 0 Å². The fourth-order valence-electron chi connectivity index (χ4n) is 3.41. The molecule has 2 aromatic rings. The number of pyridine rings is 1. The first-order valence-electron chi connectivity index (χ1n) is 8.54. The van der Waals surface area contributed by atoms with Gasteiger partial charge < -0.3 is 9.64 Å². The summed E-state index contributed by atoms with van der Waals surface area (Å²) in [6.07, 6.45) is 3.83. The summed E-state index contributed by atoms with van der Waals surface area (Å²) < 4.78 is 4.83. The Morgan fingerprint density at radius 3 is 2.88 bits per heavy atom. The lowest BCUT2D eigenvalue weighted by Gasteiger charge is -2.35. The van der Waals surface area contributed by atoms with Crippen molar-refractivity contribution in [1.29, 1.82) is 0 Å². The molecule has 6 heteroatoms. The number of para-hydroxylation sites is 1. The van der Waals surface area contributed by atoms with Gasteiger partial charge in [-0.15, -0.1) is 0 Å². The highest BCUT2D eigenvalue weighted by molar-refractivity contribution is 5.86. The first-order chi connectivity index (χ1) is 12.1. The monoisotopic (exact) mass is 341 g/mol. The number of aromatic nitrogens is 1. The van der Waals surface area contributed by atoms with Crippen molar-refractivity contribution in [2.24, 2.45) is 0 Å². The Hall–Kier alpha value is -2.63. The maximum Gasteiger partial charge on any atom is 0.410 e. The van der Waals surface area contributed by atoms with Crippen molar-refractivity contribution in [2.45, 2.75) is 31.8 Å². The molecule has 0 unspecified atom stereocenters. The molecule has 6 nitrogen and oxygen atoms in total. The summed E-state index contributed by atoms with van der Waals surface area (Å²) in [5.74, 6) is -0.0574. The molecule has 132 valence electrons. The molecule has 0 bridgehead atoms. The maximum absolute atomic E-state index is 12.9. The number of rotatable bonds is 3. The fourth-order valence-corrected chi connectivity index (χ4v) is 3.41. The van der Waals surface area contributed by atoms with Crippen LogP contribution in [0.5, 0.6) is 0 Å². The minimum Gasteiger partial charge on any atom is -0.453 e. The number of nitrogens with zero attached hydrogens (tertiary/aromatic N) is 3. The van der Waals surface area contributed by atoms with E-state index in [1.165, 1.54) is 7.11 Å². The van der Waals surface area contributed by atoms with E-state index in [0.29, 0.717) is 19.5 Å². The molecule has 2 amide bonds. The Bertz CT molecular complexity index is 772. The van der Waals surface area contributed by atoms with Gasteiger partial charge in [-0.25, -0.2) is 4.79 Å². The van der Waals surface area contributed by atoms with Crippen LogP contribution in [0.1, 0.15) is 24.8 Å². The van der Waals surface area contributed by atoms with Crippen molar-refractivity contribution >= 4 is 22.9 Å². The minimum atomic E-state index is -0.450. The molecular formula is C19H23N3O3. The second kappa shape index (κ2) is 7.51. The van der Waals surface area contributed by atoms with E-state index in [1.54, 1.807) is 23.0 Å². The molecule has 1 atom stereocenters. The molecule has 1 aromatic carbocycles. The number of carbonyl (C=O) groups is 2. The van der Waals surface area contributed by atoms with Gasteiger partial charge in [-0.1, -0.05) is 24.3 Å². The summed E-state index contributed by atoms with van der Waals surface area (Å²) in [6, 6.07) is 9.42. The highest BCUT2D eigenvalue weighted by atomic mass is 16.5. The van der Waals surface area contributed by atoms with Gasteiger partial charge in [-0.05, 0) is 30.9 Å². The molecule has 1 fully saturated rings. The molecule has 0 aliphatic carbocycles. The highest BCUT2D eigenvalue weighted by Crippen LogP contribution is 2.22. The van der Waals surface area contributed by atoms with Crippen molar-refractivity contribution in [2.75, 3.05) is 20.7 Å². The van der Waals surface area contributed by atoms with Crippen molar-refractivity contribution in [3.8, 4) is 0 Å². The smallest absolute Gasteiger partial charge is 0.410 e. The summed E-state index contributed by atoms with van der Waals surface area (Å²) in [6.45, 7) is 1.02. The normalized spacial score (nSPS) is 17.4. The summed E-state index contributed by atoms with van der Waals surface area (Å²) in [5.41, 5.74) is 1.90. The molecule has 1 aliphatic heterocycles. The van der Waals surface area contributed by atoms with Gasteiger partial charge in [0.05, 0.1) is 12.6 Å². The largest absolute Gasteiger partial charge is 0.453 e. The number of fused-ring (bicyclic) bond motifs is 1. The lowest BCUT2D eigenvalue weighted by molar-refractivity contribution is -0.136. The van der Waals surface area contributed by atoms with E-state index in [2.05, 4.69) is 4.98 Å². The van der Waals surface area contributed by atoms with Crippen LogP contribution < -0.4 is 0 Å². The van der Waals surface area contributed by atoms with Gasteiger partial charge in [0.25, 0.3) is 0 Å². The zero-order valence-corrected chi connectivity index (χ0v) is 14.6. The van der Waals surface area contributed by atoms with Gasteiger partial charge in [0.2, 0.25) is 5.91 Å². The average Bonchev–Trinajstić information content (AvgIpc) is 2.67. The molecular weight excluding hydrogens is 318 g/mol. The van der Waals surface area contributed by atoms with Crippen LogP contribution in [-0.4, -0.2) is 53.5 Å². The second-order valence-corrected chi connectivity index (χ2v) is 6.36. The number of carbonyl (C=O) groups excluding carboxylic acids is 2. The Labute approximate surface area is 147 Å². The number of methoxy groups -OCH3 is 1. The van der Waals surface area contributed by atoms with Crippen LogP contribution in [0.2, 0.25) is 0 Å². The van der Waals surface area contributed by atoms with Gasteiger partial charge in [0.15, 0.2) is 0 Å². The zero-order valence-electron chi connectivity index (χ0n) is 14.6. The first kappa shape index (κ1) is 17.2.